The molecule has 1 aromatic carbocycles. The molecule has 1 aliphatic heterocycles. The lowest BCUT2D eigenvalue weighted by atomic mass is 10.2. The second-order valence-electron chi connectivity index (χ2n) is 7.69. The van der Waals surface area contributed by atoms with E-state index in [0.717, 1.165) is 18.5 Å². The van der Waals surface area contributed by atoms with Gasteiger partial charge in [-0.2, -0.15) is 0 Å². The van der Waals surface area contributed by atoms with Crippen LogP contribution in [0.4, 0.5) is 21.9 Å². The van der Waals surface area contributed by atoms with Gasteiger partial charge in [-0.15, -0.1) is 0 Å². The number of anilines is 2. The zero-order chi connectivity index (χ0) is 20.0. The highest BCUT2D eigenvalue weighted by Crippen LogP contribution is 2.30. The van der Waals surface area contributed by atoms with Gasteiger partial charge in [0.2, 0.25) is 0 Å². The Hall–Kier alpha value is -2.51. The third-order valence-electron chi connectivity index (χ3n) is 4.32. The maximum absolute atomic E-state index is 12.2. The molecule has 1 N–H and O–H groups in total. The third kappa shape index (κ3) is 6.01. The van der Waals surface area contributed by atoms with E-state index in [1.807, 2.05) is 26.8 Å². The quantitative estimate of drug-likeness (QED) is 0.459. The van der Waals surface area contributed by atoms with Crippen molar-refractivity contribution in [2.75, 3.05) is 42.9 Å². The summed E-state index contributed by atoms with van der Waals surface area (Å²) in [5, 5.41) is 14.4. The van der Waals surface area contributed by atoms with Gasteiger partial charge in [0, 0.05) is 44.5 Å². The summed E-state index contributed by atoms with van der Waals surface area (Å²) >= 11 is 0. The Morgan fingerprint density at radius 3 is 2.48 bits per heavy atom. The summed E-state index contributed by atoms with van der Waals surface area (Å²) in [5.41, 5.74) is 1.04. The predicted octanol–water partition coefficient (Wildman–Crippen LogP) is 3.86. The first kappa shape index (κ1) is 20.8. The lowest BCUT2D eigenvalue weighted by Gasteiger charge is -2.36. The van der Waals surface area contributed by atoms with E-state index in [4.69, 9.17) is 4.74 Å². The molecule has 8 heteroatoms. The number of nitrogens with zero attached hydrogens (tertiary/aromatic N) is 3. The summed E-state index contributed by atoms with van der Waals surface area (Å²) in [7, 11) is 0. The first-order valence-electron chi connectivity index (χ1n) is 9.46. The minimum atomic E-state index is -0.508. The molecular formula is C19H30N4O4. The zero-order valence-corrected chi connectivity index (χ0v) is 16.7. The average molecular weight is 378 g/mol. The fraction of sp³-hybridized carbons (Fsp3) is 0.632. The Kier molecular flexibility index (Phi) is 6.87. The standard InChI is InChI=1S/C19H30N4O4/c1-5-6-9-20-16-14-15(7-8-17(16)23(25)26)21-10-12-22(13-11-21)18(24)27-19(2,3)4/h7-8,14,20H,5-6,9-13H2,1-4H3. The molecule has 1 aliphatic rings. The Bertz CT molecular complexity index is 664. The van der Waals surface area contributed by atoms with E-state index in [9.17, 15) is 14.9 Å². The predicted molar refractivity (Wildman–Crippen MR) is 107 cm³/mol. The van der Waals surface area contributed by atoms with E-state index in [1.165, 1.54) is 0 Å². The first-order valence-corrected chi connectivity index (χ1v) is 9.46. The highest BCUT2D eigenvalue weighted by atomic mass is 16.6. The van der Waals surface area contributed by atoms with Crippen molar-refractivity contribution < 1.29 is 14.5 Å². The molecule has 1 heterocycles. The molecule has 0 aromatic heterocycles. The fourth-order valence-corrected chi connectivity index (χ4v) is 2.90. The van der Waals surface area contributed by atoms with Gasteiger partial charge in [-0.3, -0.25) is 10.1 Å². The minimum Gasteiger partial charge on any atom is -0.444 e. The minimum absolute atomic E-state index is 0.0854. The number of carbonyl (C=O) groups is 1. The highest BCUT2D eigenvalue weighted by Gasteiger charge is 2.26. The average Bonchev–Trinajstić information content (AvgIpc) is 2.60. The molecule has 0 saturated carbocycles. The van der Waals surface area contributed by atoms with Crippen LogP contribution in [0.2, 0.25) is 0 Å². The highest BCUT2D eigenvalue weighted by molar-refractivity contribution is 5.70. The van der Waals surface area contributed by atoms with E-state index >= 15 is 0 Å². The van der Waals surface area contributed by atoms with E-state index in [-0.39, 0.29) is 16.7 Å². The number of hydrogen-bond acceptors (Lipinski definition) is 6. The van der Waals surface area contributed by atoms with Crippen molar-refractivity contribution in [2.24, 2.45) is 0 Å². The SMILES string of the molecule is CCCCNc1cc(N2CCN(C(=O)OC(C)(C)C)CC2)ccc1[N+](=O)[O-]. The van der Waals surface area contributed by atoms with Gasteiger partial charge in [0.25, 0.3) is 5.69 Å². The van der Waals surface area contributed by atoms with Crippen molar-refractivity contribution in [3.05, 3.63) is 28.3 Å². The van der Waals surface area contributed by atoms with Crippen LogP contribution in [0.5, 0.6) is 0 Å². The van der Waals surface area contributed by atoms with Crippen molar-refractivity contribution in [3.8, 4) is 0 Å². The van der Waals surface area contributed by atoms with Gasteiger partial charge in [-0.05, 0) is 39.3 Å². The van der Waals surface area contributed by atoms with E-state index in [2.05, 4.69) is 17.1 Å². The summed E-state index contributed by atoms with van der Waals surface area (Å²) in [6.45, 7) is 10.8. The van der Waals surface area contributed by atoms with Crippen molar-refractivity contribution in [1.29, 1.82) is 0 Å². The summed E-state index contributed by atoms with van der Waals surface area (Å²) < 4.78 is 5.42. The van der Waals surface area contributed by atoms with Gasteiger partial charge in [-0.1, -0.05) is 13.3 Å². The maximum atomic E-state index is 12.2. The van der Waals surface area contributed by atoms with Crippen molar-refractivity contribution in [1.82, 2.24) is 4.90 Å². The number of nitro benzene ring substituents is 1. The molecule has 0 aliphatic carbocycles. The number of rotatable bonds is 6. The van der Waals surface area contributed by atoms with Crippen LogP contribution in [0, 0.1) is 10.1 Å². The maximum Gasteiger partial charge on any atom is 0.410 e. The van der Waals surface area contributed by atoms with Crippen LogP contribution < -0.4 is 10.2 Å². The van der Waals surface area contributed by atoms with Crippen LogP contribution in [0.15, 0.2) is 18.2 Å². The van der Waals surface area contributed by atoms with Gasteiger partial charge >= 0.3 is 6.09 Å². The first-order chi connectivity index (χ1) is 12.7. The van der Waals surface area contributed by atoms with Crippen molar-refractivity contribution in [3.63, 3.8) is 0 Å². The van der Waals surface area contributed by atoms with Crippen molar-refractivity contribution >= 4 is 23.2 Å². The topological polar surface area (TPSA) is 88.0 Å². The number of hydrogen-bond donors (Lipinski definition) is 1. The molecule has 2 rings (SSSR count). The number of nitrogens with one attached hydrogen (secondary N) is 1. The zero-order valence-electron chi connectivity index (χ0n) is 16.7. The fourth-order valence-electron chi connectivity index (χ4n) is 2.90. The molecule has 27 heavy (non-hydrogen) atoms. The Morgan fingerprint density at radius 2 is 1.93 bits per heavy atom. The van der Waals surface area contributed by atoms with Crippen LogP contribution in [0.25, 0.3) is 0 Å². The third-order valence-corrected chi connectivity index (χ3v) is 4.32. The molecule has 8 nitrogen and oxygen atoms in total. The lowest BCUT2D eigenvalue weighted by Crippen LogP contribution is -2.50. The second-order valence-corrected chi connectivity index (χ2v) is 7.69. The summed E-state index contributed by atoms with van der Waals surface area (Å²) in [5.74, 6) is 0. The number of benzene rings is 1. The summed E-state index contributed by atoms with van der Waals surface area (Å²) in [6.07, 6.45) is 1.68. The van der Waals surface area contributed by atoms with Crippen LogP contribution in [-0.4, -0.2) is 54.2 Å². The van der Waals surface area contributed by atoms with Crippen molar-refractivity contribution in [2.45, 2.75) is 46.1 Å². The normalized spacial score (nSPS) is 14.8. The smallest absolute Gasteiger partial charge is 0.410 e. The Labute approximate surface area is 160 Å². The molecule has 0 spiro atoms. The number of ether oxygens (including phenoxy) is 1. The molecule has 150 valence electrons. The number of unbranched alkanes of at least 4 members (excludes halogenated alkanes) is 1. The van der Waals surface area contributed by atoms with Gasteiger partial charge in [-0.25, -0.2) is 4.79 Å². The molecule has 1 saturated heterocycles. The Balaban J connectivity index is 2.03. The molecule has 0 bridgehead atoms. The van der Waals surface area contributed by atoms with Crippen LogP contribution >= 0.6 is 0 Å². The van der Waals surface area contributed by atoms with Crippen LogP contribution in [-0.2, 0) is 4.74 Å². The largest absolute Gasteiger partial charge is 0.444 e. The Morgan fingerprint density at radius 1 is 1.26 bits per heavy atom. The number of carbonyl (C=O) groups excluding carboxylic acids is 1. The second kappa shape index (κ2) is 8.92. The number of nitro groups is 1. The number of amides is 1. The molecule has 0 unspecified atom stereocenters. The molecule has 0 radical (unpaired) electrons. The van der Waals surface area contributed by atoms with E-state index < -0.39 is 5.60 Å². The van der Waals surface area contributed by atoms with E-state index in [0.29, 0.717) is 38.4 Å². The van der Waals surface area contributed by atoms with Crippen LogP contribution in [0.3, 0.4) is 0 Å². The molecule has 1 aromatic rings. The molecule has 1 fully saturated rings. The van der Waals surface area contributed by atoms with Gasteiger partial charge in [0.05, 0.1) is 4.92 Å². The monoisotopic (exact) mass is 378 g/mol. The van der Waals surface area contributed by atoms with Gasteiger partial charge < -0.3 is 19.9 Å². The van der Waals surface area contributed by atoms with Gasteiger partial charge in [0.1, 0.15) is 11.3 Å². The lowest BCUT2D eigenvalue weighted by molar-refractivity contribution is -0.383. The molecular weight excluding hydrogens is 348 g/mol. The van der Waals surface area contributed by atoms with Gasteiger partial charge in [0.15, 0.2) is 0 Å². The molecule has 1 amide bonds. The summed E-state index contributed by atoms with van der Waals surface area (Å²) in [6, 6.07) is 5.15. The molecule has 0 atom stereocenters. The van der Waals surface area contributed by atoms with E-state index in [1.54, 1.807) is 17.0 Å². The summed E-state index contributed by atoms with van der Waals surface area (Å²) in [4.78, 5) is 26.9. The number of piperazine rings is 1. The van der Waals surface area contributed by atoms with Crippen LogP contribution in [0.1, 0.15) is 40.5 Å².